The van der Waals surface area contributed by atoms with Gasteiger partial charge < -0.3 is 5.73 Å². The first-order valence-corrected chi connectivity index (χ1v) is 7.92. The van der Waals surface area contributed by atoms with Crippen LogP contribution in [0.25, 0.3) is 33.1 Å². The van der Waals surface area contributed by atoms with E-state index in [-0.39, 0.29) is 0 Å². The highest BCUT2D eigenvalue weighted by molar-refractivity contribution is 7.19. The zero-order valence-corrected chi connectivity index (χ0v) is 12.7. The van der Waals surface area contributed by atoms with Gasteiger partial charge >= 0.3 is 0 Å². The normalized spacial score (nSPS) is 11.6. The summed E-state index contributed by atoms with van der Waals surface area (Å²) in [6.07, 6.45) is 4.12. The van der Waals surface area contributed by atoms with E-state index >= 15 is 0 Å². The fourth-order valence-electron chi connectivity index (χ4n) is 2.48. The van der Waals surface area contributed by atoms with Crippen molar-refractivity contribution in [2.75, 3.05) is 5.73 Å². The maximum absolute atomic E-state index is 5.70. The van der Waals surface area contributed by atoms with Crippen LogP contribution >= 0.6 is 11.3 Å². The molecule has 0 spiro atoms. The van der Waals surface area contributed by atoms with Crippen LogP contribution in [-0.4, -0.2) is 4.98 Å². The number of nitrogens with zero attached hydrogens (tertiary/aromatic N) is 1. The number of anilines is 1. The first-order valence-electron chi connectivity index (χ1n) is 7.11. The zero-order chi connectivity index (χ0) is 14.9. The summed E-state index contributed by atoms with van der Waals surface area (Å²) in [5, 5.41) is 3.50. The van der Waals surface area contributed by atoms with Gasteiger partial charge in [-0.1, -0.05) is 42.5 Å². The molecular formula is C19H14N2S. The number of hydrogen-bond donors (Lipinski definition) is 1. The third-order valence-corrected chi connectivity index (χ3v) is 4.61. The highest BCUT2D eigenvalue weighted by Gasteiger charge is 2.03. The first kappa shape index (κ1) is 13.0. The molecule has 2 N–H and O–H groups in total. The minimum Gasteiger partial charge on any atom is -0.399 e. The van der Waals surface area contributed by atoms with Crippen molar-refractivity contribution in [1.29, 1.82) is 0 Å². The molecule has 0 aliphatic rings. The molecule has 1 heterocycles. The Kier molecular flexibility index (Phi) is 3.13. The van der Waals surface area contributed by atoms with Crippen molar-refractivity contribution in [3.05, 3.63) is 71.2 Å². The highest BCUT2D eigenvalue weighted by atomic mass is 32.1. The molecule has 3 aromatic carbocycles. The van der Waals surface area contributed by atoms with Crippen LogP contribution in [0, 0.1) is 0 Å². The fraction of sp³-hybridized carbons (Fsp3) is 0. The summed E-state index contributed by atoms with van der Waals surface area (Å²) in [5.41, 5.74) is 8.66. The van der Waals surface area contributed by atoms with Gasteiger partial charge in [0.1, 0.15) is 5.01 Å². The lowest BCUT2D eigenvalue weighted by atomic mass is 10.1. The standard InChI is InChI=1S/C19H14N2S/c20-16-8-5-13(6-9-16)7-10-19-21-17-11-14-3-1-2-4-15(14)12-18(17)22-19/h1-12H,20H2. The van der Waals surface area contributed by atoms with Gasteiger partial charge in [-0.25, -0.2) is 4.98 Å². The van der Waals surface area contributed by atoms with Crippen molar-refractivity contribution in [2.24, 2.45) is 0 Å². The minimum atomic E-state index is 0.781. The van der Waals surface area contributed by atoms with Crippen LogP contribution in [0.1, 0.15) is 10.6 Å². The maximum Gasteiger partial charge on any atom is 0.117 e. The largest absolute Gasteiger partial charge is 0.399 e. The maximum atomic E-state index is 5.70. The number of hydrogen-bond acceptors (Lipinski definition) is 3. The van der Waals surface area contributed by atoms with Crippen molar-refractivity contribution in [3.8, 4) is 0 Å². The average molecular weight is 302 g/mol. The van der Waals surface area contributed by atoms with Crippen LogP contribution < -0.4 is 5.73 Å². The van der Waals surface area contributed by atoms with Gasteiger partial charge in [0, 0.05) is 5.69 Å². The van der Waals surface area contributed by atoms with E-state index in [0.29, 0.717) is 0 Å². The second kappa shape index (κ2) is 5.28. The Hall–Kier alpha value is -2.65. The van der Waals surface area contributed by atoms with Gasteiger partial charge in [0.2, 0.25) is 0 Å². The van der Waals surface area contributed by atoms with E-state index in [1.54, 1.807) is 11.3 Å². The Morgan fingerprint density at radius 2 is 1.59 bits per heavy atom. The lowest BCUT2D eigenvalue weighted by Gasteiger charge is -1.95. The average Bonchev–Trinajstić information content (AvgIpc) is 2.93. The van der Waals surface area contributed by atoms with Crippen LogP contribution in [0.3, 0.4) is 0 Å². The number of aromatic nitrogens is 1. The molecule has 106 valence electrons. The predicted octanol–water partition coefficient (Wildman–Crippen LogP) is 5.20. The number of rotatable bonds is 2. The number of thiazole rings is 1. The molecule has 0 aliphatic heterocycles. The molecule has 0 saturated carbocycles. The van der Waals surface area contributed by atoms with E-state index in [1.807, 2.05) is 24.3 Å². The summed E-state index contributed by atoms with van der Waals surface area (Å²) in [6, 6.07) is 20.6. The molecule has 0 atom stereocenters. The highest BCUT2D eigenvalue weighted by Crippen LogP contribution is 2.28. The smallest absolute Gasteiger partial charge is 0.117 e. The van der Waals surface area contributed by atoms with E-state index < -0.39 is 0 Å². The lowest BCUT2D eigenvalue weighted by molar-refractivity contribution is 1.47. The molecular weight excluding hydrogens is 288 g/mol. The van der Waals surface area contributed by atoms with E-state index in [4.69, 9.17) is 10.7 Å². The first-order chi connectivity index (χ1) is 10.8. The monoisotopic (exact) mass is 302 g/mol. The SMILES string of the molecule is Nc1ccc(C=Cc2nc3cc4ccccc4cc3s2)cc1. The van der Waals surface area contributed by atoms with Crippen LogP contribution in [-0.2, 0) is 0 Å². The lowest BCUT2D eigenvalue weighted by Crippen LogP contribution is -1.82. The molecule has 22 heavy (non-hydrogen) atoms. The number of nitrogens with two attached hydrogens (primary N) is 1. The summed E-state index contributed by atoms with van der Waals surface area (Å²) in [7, 11) is 0. The molecule has 0 saturated heterocycles. The fourth-order valence-corrected chi connectivity index (χ4v) is 3.38. The quantitative estimate of drug-likeness (QED) is 0.517. The summed E-state index contributed by atoms with van der Waals surface area (Å²) in [5.74, 6) is 0. The van der Waals surface area contributed by atoms with E-state index in [0.717, 1.165) is 21.8 Å². The van der Waals surface area contributed by atoms with E-state index in [9.17, 15) is 0 Å². The summed E-state index contributed by atoms with van der Waals surface area (Å²) in [6.45, 7) is 0. The Bertz CT molecular complexity index is 929. The molecule has 2 nitrogen and oxygen atoms in total. The summed E-state index contributed by atoms with van der Waals surface area (Å²) < 4.78 is 1.22. The summed E-state index contributed by atoms with van der Waals surface area (Å²) >= 11 is 1.71. The molecule has 4 aromatic rings. The van der Waals surface area contributed by atoms with Crippen LogP contribution in [0.2, 0.25) is 0 Å². The zero-order valence-electron chi connectivity index (χ0n) is 11.9. The number of nitrogen functional groups attached to an aromatic ring is 1. The third kappa shape index (κ3) is 2.47. The van der Waals surface area contributed by atoms with Gasteiger partial charge in [-0.2, -0.15) is 0 Å². The van der Waals surface area contributed by atoms with Crippen LogP contribution in [0.4, 0.5) is 5.69 Å². The Morgan fingerprint density at radius 3 is 2.36 bits per heavy atom. The van der Waals surface area contributed by atoms with Crippen molar-refractivity contribution in [3.63, 3.8) is 0 Å². The van der Waals surface area contributed by atoms with Gasteiger partial charge in [-0.15, -0.1) is 11.3 Å². The predicted molar refractivity (Wildman–Crippen MR) is 96.9 cm³/mol. The Morgan fingerprint density at radius 1 is 0.864 bits per heavy atom. The minimum absolute atomic E-state index is 0.781. The summed E-state index contributed by atoms with van der Waals surface area (Å²) in [4.78, 5) is 4.70. The number of fused-ring (bicyclic) bond motifs is 2. The van der Waals surface area contributed by atoms with Gasteiger partial charge in [0.15, 0.2) is 0 Å². The molecule has 0 amide bonds. The molecule has 1 aromatic heterocycles. The van der Waals surface area contributed by atoms with E-state index in [2.05, 4.69) is 48.6 Å². The van der Waals surface area contributed by atoms with Gasteiger partial charge in [-0.3, -0.25) is 0 Å². The van der Waals surface area contributed by atoms with Crippen molar-refractivity contribution >= 4 is 50.2 Å². The Balaban J connectivity index is 1.72. The molecule has 4 rings (SSSR count). The third-order valence-electron chi connectivity index (χ3n) is 3.63. The molecule has 0 aliphatic carbocycles. The second-order valence-electron chi connectivity index (χ2n) is 5.22. The second-order valence-corrected chi connectivity index (χ2v) is 6.28. The van der Waals surface area contributed by atoms with Crippen molar-refractivity contribution in [1.82, 2.24) is 4.98 Å². The topological polar surface area (TPSA) is 38.9 Å². The van der Waals surface area contributed by atoms with Gasteiger partial charge in [0.05, 0.1) is 10.2 Å². The van der Waals surface area contributed by atoms with Crippen LogP contribution in [0.15, 0.2) is 60.7 Å². The molecule has 0 fully saturated rings. The van der Waals surface area contributed by atoms with Crippen LogP contribution in [0.5, 0.6) is 0 Å². The number of benzene rings is 3. The molecule has 0 radical (unpaired) electrons. The van der Waals surface area contributed by atoms with Crippen molar-refractivity contribution < 1.29 is 0 Å². The molecule has 0 unspecified atom stereocenters. The Labute approximate surface area is 132 Å². The van der Waals surface area contributed by atoms with Gasteiger partial charge in [-0.05, 0) is 46.7 Å². The van der Waals surface area contributed by atoms with E-state index in [1.165, 1.54) is 15.5 Å². The molecule has 3 heteroatoms. The van der Waals surface area contributed by atoms with Gasteiger partial charge in [0.25, 0.3) is 0 Å². The molecule has 0 bridgehead atoms. The van der Waals surface area contributed by atoms with Crippen molar-refractivity contribution in [2.45, 2.75) is 0 Å².